The molecule has 17 heavy (non-hydrogen) atoms. The highest BCUT2D eigenvalue weighted by atomic mass is 19.1. The van der Waals surface area contributed by atoms with Gasteiger partial charge in [0.15, 0.2) is 23.3 Å². The van der Waals surface area contributed by atoms with Gasteiger partial charge >= 0.3 is 0 Å². The Morgan fingerprint density at radius 2 is 2.00 bits per heavy atom. The molecule has 1 aliphatic rings. The number of nitrogens with one attached hydrogen (secondary N) is 1. The highest BCUT2D eigenvalue weighted by molar-refractivity contribution is 5.44. The summed E-state index contributed by atoms with van der Waals surface area (Å²) in [6.45, 7) is 3.58. The van der Waals surface area contributed by atoms with Gasteiger partial charge < -0.3 is 16.0 Å². The van der Waals surface area contributed by atoms with Crippen molar-refractivity contribution in [1.29, 1.82) is 0 Å². The summed E-state index contributed by atoms with van der Waals surface area (Å²) in [6.07, 6.45) is 2.44. The third-order valence-electron chi connectivity index (χ3n) is 2.88. The zero-order chi connectivity index (χ0) is 12.3. The Morgan fingerprint density at radius 3 is 2.71 bits per heavy atom. The maximum Gasteiger partial charge on any atom is 0.168 e. The van der Waals surface area contributed by atoms with Crippen molar-refractivity contribution >= 4 is 11.6 Å². The van der Waals surface area contributed by atoms with Crippen LogP contribution >= 0.6 is 0 Å². The van der Waals surface area contributed by atoms with E-state index in [9.17, 15) is 8.78 Å². The van der Waals surface area contributed by atoms with Gasteiger partial charge in [-0.05, 0) is 25.9 Å². The SMILES string of the molecule is Nc1nc(NCCN2CCCC2)c(F)cc1F. The second-order valence-corrected chi connectivity index (χ2v) is 4.16. The standard InChI is InChI=1S/C11H16F2N4/c12-8-7-9(13)11(16-10(8)14)15-3-6-17-4-1-2-5-17/h7H,1-6H2,(H3,14,15,16). The van der Waals surface area contributed by atoms with Crippen LogP contribution in [0.4, 0.5) is 20.4 Å². The number of nitrogens with zero attached hydrogens (tertiary/aromatic N) is 2. The molecule has 0 aliphatic carbocycles. The first kappa shape index (κ1) is 12.0. The van der Waals surface area contributed by atoms with Crippen molar-refractivity contribution in [2.45, 2.75) is 12.8 Å². The predicted octanol–water partition coefficient (Wildman–Crippen LogP) is 1.45. The van der Waals surface area contributed by atoms with Crippen LogP contribution in [0.25, 0.3) is 0 Å². The van der Waals surface area contributed by atoms with Crippen LogP contribution in [0, 0.1) is 11.6 Å². The van der Waals surface area contributed by atoms with E-state index < -0.39 is 11.6 Å². The topological polar surface area (TPSA) is 54.2 Å². The molecule has 1 aromatic heterocycles. The number of nitrogen functional groups attached to an aromatic ring is 1. The van der Waals surface area contributed by atoms with Gasteiger partial charge in [-0.25, -0.2) is 13.8 Å². The Bertz CT molecular complexity index is 391. The van der Waals surface area contributed by atoms with Crippen molar-refractivity contribution in [3.8, 4) is 0 Å². The first-order chi connectivity index (χ1) is 8.16. The van der Waals surface area contributed by atoms with Crippen LogP contribution in [-0.2, 0) is 0 Å². The third-order valence-corrected chi connectivity index (χ3v) is 2.88. The van der Waals surface area contributed by atoms with Crippen molar-refractivity contribution < 1.29 is 8.78 Å². The fourth-order valence-corrected chi connectivity index (χ4v) is 1.94. The number of hydrogen-bond acceptors (Lipinski definition) is 4. The van der Waals surface area contributed by atoms with E-state index in [2.05, 4.69) is 15.2 Å². The Labute approximate surface area is 98.8 Å². The third kappa shape index (κ3) is 3.03. The molecule has 1 fully saturated rings. The van der Waals surface area contributed by atoms with Gasteiger partial charge in [0.1, 0.15) is 0 Å². The minimum absolute atomic E-state index is 0.0168. The summed E-state index contributed by atoms with van der Waals surface area (Å²) in [5.41, 5.74) is 5.28. The van der Waals surface area contributed by atoms with Crippen LogP contribution in [-0.4, -0.2) is 36.1 Å². The van der Waals surface area contributed by atoms with E-state index in [1.54, 1.807) is 0 Å². The molecule has 0 saturated carbocycles. The smallest absolute Gasteiger partial charge is 0.168 e. The van der Waals surface area contributed by atoms with Crippen molar-refractivity contribution in [2.24, 2.45) is 0 Å². The molecule has 2 rings (SSSR count). The minimum atomic E-state index is -0.826. The molecule has 6 heteroatoms. The van der Waals surface area contributed by atoms with Crippen LogP contribution in [0.15, 0.2) is 6.07 Å². The van der Waals surface area contributed by atoms with E-state index in [1.165, 1.54) is 12.8 Å². The molecule has 2 heterocycles. The van der Waals surface area contributed by atoms with E-state index in [0.29, 0.717) is 6.54 Å². The number of pyridine rings is 1. The summed E-state index contributed by atoms with van der Waals surface area (Å²) in [7, 11) is 0. The number of rotatable bonds is 4. The summed E-state index contributed by atoms with van der Waals surface area (Å²) in [5, 5.41) is 2.83. The first-order valence-corrected chi connectivity index (χ1v) is 5.74. The molecule has 4 nitrogen and oxygen atoms in total. The van der Waals surface area contributed by atoms with E-state index in [-0.39, 0.29) is 11.6 Å². The highest BCUT2D eigenvalue weighted by Gasteiger charge is 2.12. The molecule has 0 unspecified atom stereocenters. The molecule has 1 saturated heterocycles. The van der Waals surface area contributed by atoms with E-state index in [0.717, 1.165) is 25.7 Å². The van der Waals surface area contributed by atoms with Crippen LogP contribution in [0.1, 0.15) is 12.8 Å². The number of halogens is 2. The minimum Gasteiger partial charge on any atom is -0.381 e. The molecule has 3 N–H and O–H groups in total. The van der Waals surface area contributed by atoms with Crippen LogP contribution in [0.5, 0.6) is 0 Å². The Morgan fingerprint density at radius 1 is 1.29 bits per heavy atom. The van der Waals surface area contributed by atoms with Gasteiger partial charge in [0.05, 0.1) is 0 Å². The molecular formula is C11H16F2N4. The summed E-state index contributed by atoms with van der Waals surface area (Å²) in [5.74, 6) is -1.80. The van der Waals surface area contributed by atoms with Gasteiger partial charge in [0.25, 0.3) is 0 Å². The summed E-state index contributed by atoms with van der Waals surface area (Å²) >= 11 is 0. The number of likely N-dealkylation sites (tertiary alicyclic amines) is 1. The van der Waals surface area contributed by atoms with Gasteiger partial charge in [-0.1, -0.05) is 0 Å². The lowest BCUT2D eigenvalue weighted by Crippen LogP contribution is -2.26. The van der Waals surface area contributed by atoms with E-state index in [4.69, 9.17) is 5.73 Å². The second-order valence-electron chi connectivity index (χ2n) is 4.16. The molecule has 1 aromatic rings. The highest BCUT2D eigenvalue weighted by Crippen LogP contribution is 2.16. The second kappa shape index (κ2) is 5.27. The van der Waals surface area contributed by atoms with E-state index in [1.807, 2.05) is 0 Å². The summed E-state index contributed by atoms with van der Waals surface area (Å²) < 4.78 is 26.2. The van der Waals surface area contributed by atoms with Crippen molar-refractivity contribution in [3.05, 3.63) is 17.7 Å². The van der Waals surface area contributed by atoms with Gasteiger partial charge in [0, 0.05) is 19.2 Å². The van der Waals surface area contributed by atoms with E-state index >= 15 is 0 Å². The van der Waals surface area contributed by atoms with Crippen molar-refractivity contribution in [3.63, 3.8) is 0 Å². The molecule has 0 bridgehead atoms. The lowest BCUT2D eigenvalue weighted by molar-refractivity contribution is 0.352. The van der Waals surface area contributed by atoms with Crippen LogP contribution in [0.2, 0.25) is 0 Å². The normalized spacial score (nSPS) is 16.4. The number of hydrogen-bond donors (Lipinski definition) is 2. The lowest BCUT2D eigenvalue weighted by Gasteiger charge is -2.15. The quantitative estimate of drug-likeness (QED) is 0.839. The molecule has 0 amide bonds. The monoisotopic (exact) mass is 242 g/mol. The Balaban J connectivity index is 1.87. The maximum absolute atomic E-state index is 13.3. The summed E-state index contributed by atoms with van der Waals surface area (Å²) in [6, 6.07) is 0.751. The molecule has 0 radical (unpaired) electrons. The van der Waals surface area contributed by atoms with Gasteiger partial charge in [-0.3, -0.25) is 0 Å². The Kier molecular flexibility index (Phi) is 3.73. The number of anilines is 2. The van der Waals surface area contributed by atoms with Crippen LogP contribution in [0.3, 0.4) is 0 Å². The number of nitrogens with two attached hydrogens (primary N) is 1. The fraction of sp³-hybridized carbons (Fsp3) is 0.545. The maximum atomic E-state index is 13.3. The van der Waals surface area contributed by atoms with Gasteiger partial charge in [0.2, 0.25) is 0 Å². The van der Waals surface area contributed by atoms with Crippen molar-refractivity contribution in [1.82, 2.24) is 9.88 Å². The summed E-state index contributed by atoms with van der Waals surface area (Å²) in [4.78, 5) is 5.92. The zero-order valence-electron chi connectivity index (χ0n) is 9.55. The van der Waals surface area contributed by atoms with Gasteiger partial charge in [-0.15, -0.1) is 0 Å². The zero-order valence-corrected chi connectivity index (χ0v) is 9.55. The molecular weight excluding hydrogens is 226 g/mol. The molecule has 1 aliphatic heterocycles. The predicted molar refractivity (Wildman–Crippen MR) is 62.7 cm³/mol. The lowest BCUT2D eigenvalue weighted by atomic mass is 10.4. The van der Waals surface area contributed by atoms with Gasteiger partial charge in [-0.2, -0.15) is 0 Å². The Hall–Kier alpha value is -1.43. The first-order valence-electron chi connectivity index (χ1n) is 5.74. The fourth-order valence-electron chi connectivity index (χ4n) is 1.94. The number of aromatic nitrogens is 1. The largest absolute Gasteiger partial charge is 0.381 e. The average molecular weight is 242 g/mol. The molecule has 0 aromatic carbocycles. The molecule has 0 atom stereocenters. The van der Waals surface area contributed by atoms with Crippen molar-refractivity contribution in [2.75, 3.05) is 37.2 Å². The molecule has 94 valence electrons. The van der Waals surface area contributed by atoms with Crippen LogP contribution < -0.4 is 11.1 Å². The average Bonchev–Trinajstić information content (AvgIpc) is 2.78. The molecule has 0 spiro atoms.